The molecule has 3 aromatic rings. The number of carbonyl (C=O) groups is 1. The Hall–Kier alpha value is -2.80. The van der Waals surface area contributed by atoms with Gasteiger partial charge >= 0.3 is 0 Å². The molecule has 0 radical (unpaired) electrons. The first kappa shape index (κ1) is 17.6. The van der Waals surface area contributed by atoms with Gasteiger partial charge in [0.1, 0.15) is 5.52 Å². The molecule has 7 heteroatoms. The third-order valence-corrected chi connectivity index (χ3v) is 4.93. The molecule has 140 valence electrons. The Labute approximate surface area is 158 Å². The summed E-state index contributed by atoms with van der Waals surface area (Å²) >= 11 is 0. The minimum atomic E-state index is -0.0902. The molecule has 0 saturated carbocycles. The minimum Gasteiger partial charge on any atom is -0.352 e. The number of hydrogen-bond donors (Lipinski definition) is 1. The van der Waals surface area contributed by atoms with Crippen molar-refractivity contribution in [2.45, 2.75) is 25.8 Å². The maximum absolute atomic E-state index is 12.4. The molecule has 3 aromatic heterocycles. The van der Waals surface area contributed by atoms with Crippen LogP contribution in [-0.4, -0.2) is 56.5 Å². The van der Waals surface area contributed by atoms with Gasteiger partial charge in [0.15, 0.2) is 5.65 Å². The van der Waals surface area contributed by atoms with Crippen LogP contribution >= 0.6 is 0 Å². The molecule has 1 saturated heterocycles. The van der Waals surface area contributed by atoms with E-state index in [4.69, 9.17) is 0 Å². The van der Waals surface area contributed by atoms with Crippen LogP contribution in [-0.2, 0) is 6.54 Å². The van der Waals surface area contributed by atoms with Crippen molar-refractivity contribution >= 4 is 17.1 Å². The van der Waals surface area contributed by atoms with E-state index in [-0.39, 0.29) is 5.91 Å². The van der Waals surface area contributed by atoms with Crippen molar-refractivity contribution < 1.29 is 4.79 Å². The van der Waals surface area contributed by atoms with E-state index in [2.05, 4.69) is 25.2 Å². The van der Waals surface area contributed by atoms with E-state index in [1.165, 1.54) is 25.9 Å². The van der Waals surface area contributed by atoms with E-state index in [1.54, 1.807) is 24.8 Å². The number of amides is 1. The van der Waals surface area contributed by atoms with E-state index in [9.17, 15) is 4.79 Å². The Balaban J connectivity index is 1.36. The third-order valence-electron chi connectivity index (χ3n) is 4.93. The molecule has 7 nitrogen and oxygen atoms in total. The van der Waals surface area contributed by atoms with E-state index in [0.717, 1.165) is 29.7 Å². The van der Waals surface area contributed by atoms with Crippen LogP contribution in [0.15, 0.2) is 43.1 Å². The van der Waals surface area contributed by atoms with Crippen LogP contribution in [0.1, 0.15) is 35.2 Å². The highest BCUT2D eigenvalue weighted by Crippen LogP contribution is 2.14. The highest BCUT2D eigenvalue weighted by atomic mass is 16.1. The van der Waals surface area contributed by atoms with Gasteiger partial charge in [-0.05, 0) is 56.6 Å². The van der Waals surface area contributed by atoms with Crippen LogP contribution in [0.25, 0.3) is 11.2 Å². The van der Waals surface area contributed by atoms with Crippen molar-refractivity contribution in [1.82, 2.24) is 29.7 Å². The normalized spacial score (nSPS) is 14.7. The van der Waals surface area contributed by atoms with Crippen LogP contribution in [0, 0.1) is 0 Å². The molecular formula is C20H24N6O. The zero-order valence-corrected chi connectivity index (χ0v) is 15.3. The maximum atomic E-state index is 12.4. The number of nitrogens with one attached hydrogen (secondary N) is 1. The molecule has 0 bridgehead atoms. The van der Waals surface area contributed by atoms with Crippen molar-refractivity contribution in [3.63, 3.8) is 0 Å². The number of hydrogen-bond acceptors (Lipinski definition) is 5. The van der Waals surface area contributed by atoms with Crippen LogP contribution < -0.4 is 5.32 Å². The predicted molar refractivity (Wildman–Crippen MR) is 103 cm³/mol. The number of likely N-dealkylation sites (tertiary alicyclic amines) is 1. The van der Waals surface area contributed by atoms with Gasteiger partial charge in [-0.2, -0.15) is 0 Å². The largest absolute Gasteiger partial charge is 0.352 e. The standard InChI is InChI=1S/C20H24N6O/c27-20(22-7-4-10-25-8-1-2-9-25)17-11-18-19(23-13-17)26(15-24-18)14-16-5-3-6-21-12-16/h3,5-6,11-13,15H,1-2,4,7-10,14H2,(H,22,27). The molecule has 1 aliphatic heterocycles. The molecule has 0 atom stereocenters. The SMILES string of the molecule is O=C(NCCCN1CCCC1)c1cnc2c(c1)ncn2Cc1cccnc1. The summed E-state index contributed by atoms with van der Waals surface area (Å²) in [6.45, 7) is 4.77. The maximum Gasteiger partial charge on any atom is 0.252 e. The molecule has 1 fully saturated rings. The summed E-state index contributed by atoms with van der Waals surface area (Å²) in [4.78, 5) is 27.8. The fourth-order valence-corrected chi connectivity index (χ4v) is 3.49. The summed E-state index contributed by atoms with van der Waals surface area (Å²) in [7, 11) is 0. The van der Waals surface area contributed by atoms with Gasteiger partial charge in [-0.3, -0.25) is 9.78 Å². The van der Waals surface area contributed by atoms with E-state index < -0.39 is 0 Å². The topological polar surface area (TPSA) is 75.9 Å². The lowest BCUT2D eigenvalue weighted by molar-refractivity contribution is 0.0952. The summed E-state index contributed by atoms with van der Waals surface area (Å²) in [5.41, 5.74) is 3.13. The molecule has 1 amide bonds. The number of carbonyl (C=O) groups excluding carboxylic acids is 1. The summed E-state index contributed by atoms with van der Waals surface area (Å²) in [6.07, 6.45) is 10.5. The Morgan fingerprint density at radius 1 is 1.19 bits per heavy atom. The van der Waals surface area contributed by atoms with Gasteiger partial charge in [0, 0.05) is 25.1 Å². The first-order chi connectivity index (χ1) is 13.3. The van der Waals surface area contributed by atoms with Gasteiger partial charge in [-0.15, -0.1) is 0 Å². The number of pyridine rings is 2. The van der Waals surface area contributed by atoms with Crippen molar-refractivity contribution in [3.05, 3.63) is 54.2 Å². The Kier molecular flexibility index (Phi) is 5.39. The average molecular weight is 364 g/mol. The summed E-state index contributed by atoms with van der Waals surface area (Å²) in [6, 6.07) is 5.73. The first-order valence-corrected chi connectivity index (χ1v) is 9.50. The highest BCUT2D eigenvalue weighted by molar-refractivity contribution is 5.96. The molecule has 0 spiro atoms. The zero-order valence-electron chi connectivity index (χ0n) is 15.3. The third kappa shape index (κ3) is 4.31. The lowest BCUT2D eigenvalue weighted by atomic mass is 10.2. The lowest BCUT2D eigenvalue weighted by Gasteiger charge is -2.14. The van der Waals surface area contributed by atoms with Crippen molar-refractivity contribution in [2.75, 3.05) is 26.2 Å². The summed E-state index contributed by atoms with van der Waals surface area (Å²) in [5, 5.41) is 2.99. The molecule has 1 N–H and O–H groups in total. The first-order valence-electron chi connectivity index (χ1n) is 9.50. The van der Waals surface area contributed by atoms with Crippen molar-refractivity contribution in [1.29, 1.82) is 0 Å². The number of aromatic nitrogens is 4. The molecule has 27 heavy (non-hydrogen) atoms. The molecule has 0 aliphatic carbocycles. The summed E-state index contributed by atoms with van der Waals surface area (Å²) < 4.78 is 1.96. The molecule has 0 unspecified atom stereocenters. The van der Waals surface area contributed by atoms with Gasteiger partial charge < -0.3 is 14.8 Å². The highest BCUT2D eigenvalue weighted by Gasteiger charge is 2.12. The van der Waals surface area contributed by atoms with Crippen LogP contribution in [0.4, 0.5) is 0 Å². The van der Waals surface area contributed by atoms with E-state index in [1.807, 2.05) is 22.9 Å². The van der Waals surface area contributed by atoms with Gasteiger partial charge in [-0.1, -0.05) is 6.07 Å². The molecule has 1 aliphatic rings. The van der Waals surface area contributed by atoms with E-state index >= 15 is 0 Å². The van der Waals surface area contributed by atoms with E-state index in [0.29, 0.717) is 18.7 Å². The van der Waals surface area contributed by atoms with Crippen molar-refractivity contribution in [2.24, 2.45) is 0 Å². The van der Waals surface area contributed by atoms with Crippen LogP contribution in [0.5, 0.6) is 0 Å². The lowest BCUT2D eigenvalue weighted by Crippen LogP contribution is -2.28. The molecule has 0 aromatic carbocycles. The van der Waals surface area contributed by atoms with Gasteiger partial charge in [0.25, 0.3) is 5.91 Å². The fraction of sp³-hybridized carbons (Fsp3) is 0.400. The monoisotopic (exact) mass is 364 g/mol. The number of fused-ring (bicyclic) bond motifs is 1. The Morgan fingerprint density at radius 2 is 2.07 bits per heavy atom. The molecular weight excluding hydrogens is 340 g/mol. The second kappa shape index (κ2) is 8.26. The minimum absolute atomic E-state index is 0.0902. The predicted octanol–water partition coefficient (Wildman–Crippen LogP) is 2.09. The average Bonchev–Trinajstić information content (AvgIpc) is 3.36. The zero-order chi connectivity index (χ0) is 18.5. The number of imidazole rings is 1. The van der Waals surface area contributed by atoms with Crippen molar-refractivity contribution in [3.8, 4) is 0 Å². The summed E-state index contributed by atoms with van der Waals surface area (Å²) in [5.74, 6) is -0.0902. The Bertz CT molecular complexity index is 901. The quantitative estimate of drug-likeness (QED) is 0.650. The van der Waals surface area contributed by atoms with Crippen LogP contribution in [0.3, 0.4) is 0 Å². The molecule has 4 heterocycles. The Morgan fingerprint density at radius 3 is 2.89 bits per heavy atom. The molecule has 4 rings (SSSR count). The second-order valence-electron chi connectivity index (χ2n) is 6.96. The second-order valence-corrected chi connectivity index (χ2v) is 6.96. The smallest absolute Gasteiger partial charge is 0.252 e. The van der Waals surface area contributed by atoms with Crippen LogP contribution in [0.2, 0.25) is 0 Å². The van der Waals surface area contributed by atoms with Gasteiger partial charge in [0.2, 0.25) is 0 Å². The van der Waals surface area contributed by atoms with Gasteiger partial charge in [0.05, 0.1) is 18.4 Å². The number of rotatable bonds is 7. The number of nitrogens with zero attached hydrogens (tertiary/aromatic N) is 5. The fourth-order valence-electron chi connectivity index (χ4n) is 3.49. The van der Waals surface area contributed by atoms with Gasteiger partial charge in [-0.25, -0.2) is 9.97 Å².